The number of aryl methyl sites for hydroxylation is 1. The first-order valence-corrected chi connectivity index (χ1v) is 8.70. The summed E-state index contributed by atoms with van der Waals surface area (Å²) in [6, 6.07) is 3.97. The van der Waals surface area contributed by atoms with Gasteiger partial charge in [-0.1, -0.05) is 13.8 Å². The maximum atomic E-state index is 5.74. The number of nitrogens with zero attached hydrogens (tertiary/aromatic N) is 2. The Morgan fingerprint density at radius 2 is 2.17 bits per heavy atom. The van der Waals surface area contributed by atoms with Gasteiger partial charge in [0.15, 0.2) is 17.3 Å². The molecule has 0 radical (unpaired) electrons. The van der Waals surface area contributed by atoms with E-state index >= 15 is 0 Å². The van der Waals surface area contributed by atoms with Crippen LogP contribution in [0.3, 0.4) is 0 Å². The maximum Gasteiger partial charge on any atom is 0.214 e. The van der Waals surface area contributed by atoms with Gasteiger partial charge >= 0.3 is 0 Å². The van der Waals surface area contributed by atoms with E-state index in [-0.39, 0.29) is 0 Å². The van der Waals surface area contributed by atoms with E-state index in [4.69, 9.17) is 21.7 Å². The number of rotatable bonds is 8. The molecule has 0 spiro atoms. The molecule has 0 unspecified atom stereocenters. The predicted molar refractivity (Wildman–Crippen MR) is 96.3 cm³/mol. The van der Waals surface area contributed by atoms with E-state index in [2.05, 4.69) is 38.5 Å². The number of benzene rings is 1. The summed E-state index contributed by atoms with van der Waals surface area (Å²) in [7, 11) is 1.64. The van der Waals surface area contributed by atoms with Crippen LogP contribution in [0.15, 0.2) is 16.6 Å². The smallest absolute Gasteiger partial charge is 0.214 e. The minimum Gasteiger partial charge on any atom is -0.493 e. The standard InChI is InChI=1S/C15H21BrN4O2S/c1-4-6-22-14-11(16)7-10(8-12(14)21-3)9-17-20-13(5-2)18-19-15(20)23/h7-8,17H,4-6,9H2,1-3H3,(H,19,23). The van der Waals surface area contributed by atoms with E-state index in [1.165, 1.54) is 0 Å². The molecule has 0 aliphatic heterocycles. The summed E-state index contributed by atoms with van der Waals surface area (Å²) < 4.78 is 14.4. The van der Waals surface area contributed by atoms with Crippen LogP contribution in [-0.2, 0) is 13.0 Å². The second-order valence-electron chi connectivity index (χ2n) is 4.93. The molecule has 0 saturated carbocycles. The molecule has 2 rings (SSSR count). The third kappa shape index (κ3) is 4.26. The zero-order valence-corrected chi connectivity index (χ0v) is 15.9. The molecule has 0 bridgehead atoms. The number of aromatic nitrogens is 3. The highest BCUT2D eigenvalue weighted by Gasteiger charge is 2.12. The highest BCUT2D eigenvalue weighted by atomic mass is 79.9. The fourth-order valence-electron chi connectivity index (χ4n) is 2.12. The Morgan fingerprint density at radius 1 is 1.39 bits per heavy atom. The number of aromatic amines is 1. The minimum atomic E-state index is 0.552. The molecule has 2 N–H and O–H groups in total. The van der Waals surface area contributed by atoms with Gasteiger partial charge in [0.05, 0.1) is 24.7 Å². The van der Waals surface area contributed by atoms with Crippen LogP contribution in [0, 0.1) is 4.77 Å². The lowest BCUT2D eigenvalue weighted by molar-refractivity contribution is 0.292. The number of nitrogens with one attached hydrogen (secondary N) is 2. The predicted octanol–water partition coefficient (Wildman–Crippen LogP) is 3.81. The number of methoxy groups -OCH3 is 1. The van der Waals surface area contributed by atoms with Crippen molar-refractivity contribution in [3.63, 3.8) is 0 Å². The first-order chi connectivity index (χ1) is 11.1. The van der Waals surface area contributed by atoms with Crippen LogP contribution in [-0.4, -0.2) is 28.6 Å². The van der Waals surface area contributed by atoms with Crippen LogP contribution in [0.25, 0.3) is 0 Å². The zero-order chi connectivity index (χ0) is 16.8. The Bertz CT molecular complexity index is 714. The van der Waals surface area contributed by atoms with E-state index in [1.54, 1.807) is 11.8 Å². The topological polar surface area (TPSA) is 64.1 Å². The van der Waals surface area contributed by atoms with Crippen molar-refractivity contribution in [3.8, 4) is 11.5 Å². The molecule has 23 heavy (non-hydrogen) atoms. The lowest BCUT2D eigenvalue weighted by Crippen LogP contribution is -2.17. The molecule has 126 valence electrons. The van der Waals surface area contributed by atoms with Crippen molar-refractivity contribution in [2.75, 3.05) is 19.1 Å². The third-order valence-electron chi connectivity index (χ3n) is 3.24. The molecule has 1 aromatic carbocycles. The molecule has 8 heteroatoms. The van der Waals surface area contributed by atoms with Crippen molar-refractivity contribution < 1.29 is 9.47 Å². The number of halogens is 1. The first-order valence-electron chi connectivity index (χ1n) is 7.50. The number of hydrogen-bond acceptors (Lipinski definition) is 5. The summed E-state index contributed by atoms with van der Waals surface area (Å²) in [5.74, 6) is 2.30. The van der Waals surface area contributed by atoms with E-state index in [0.717, 1.165) is 34.5 Å². The Morgan fingerprint density at radius 3 is 2.83 bits per heavy atom. The van der Waals surface area contributed by atoms with E-state index < -0.39 is 0 Å². The van der Waals surface area contributed by atoms with Crippen LogP contribution >= 0.6 is 28.1 Å². The zero-order valence-electron chi connectivity index (χ0n) is 13.5. The third-order valence-corrected chi connectivity index (χ3v) is 4.10. The SMILES string of the molecule is CCCOc1c(Br)cc(CNn2c(CC)n[nH]c2=S)cc1OC. The van der Waals surface area contributed by atoms with E-state index in [0.29, 0.717) is 23.7 Å². The van der Waals surface area contributed by atoms with Gasteiger partial charge in [0.25, 0.3) is 0 Å². The van der Waals surface area contributed by atoms with Gasteiger partial charge < -0.3 is 14.9 Å². The lowest BCUT2D eigenvalue weighted by atomic mass is 10.2. The number of H-pyrrole nitrogens is 1. The number of hydrogen-bond donors (Lipinski definition) is 2. The summed E-state index contributed by atoms with van der Waals surface area (Å²) in [5.41, 5.74) is 4.32. The average Bonchev–Trinajstić information content (AvgIpc) is 2.91. The van der Waals surface area contributed by atoms with Crippen molar-refractivity contribution >= 4 is 28.1 Å². The molecular formula is C15H21BrN4O2S. The van der Waals surface area contributed by atoms with Gasteiger partial charge in [-0.15, -0.1) is 0 Å². The molecule has 0 atom stereocenters. The molecule has 0 fully saturated rings. The van der Waals surface area contributed by atoms with E-state index in [9.17, 15) is 0 Å². The fourth-order valence-corrected chi connectivity index (χ4v) is 2.94. The number of ether oxygens (including phenoxy) is 2. The summed E-state index contributed by atoms with van der Waals surface area (Å²) in [6.45, 7) is 5.33. The highest BCUT2D eigenvalue weighted by Crippen LogP contribution is 2.36. The van der Waals surface area contributed by atoms with Crippen LogP contribution in [0.4, 0.5) is 0 Å². The van der Waals surface area contributed by atoms with Gasteiger partial charge in [-0.05, 0) is 52.3 Å². The van der Waals surface area contributed by atoms with Gasteiger partial charge in [-0.2, -0.15) is 5.10 Å². The lowest BCUT2D eigenvalue weighted by Gasteiger charge is -2.15. The molecule has 0 saturated heterocycles. The van der Waals surface area contributed by atoms with Crippen LogP contribution in [0.2, 0.25) is 0 Å². The molecule has 2 aromatic rings. The Hall–Kier alpha value is -1.54. The maximum absolute atomic E-state index is 5.74. The quantitative estimate of drug-likeness (QED) is 0.659. The second kappa shape index (κ2) is 8.35. The van der Waals surface area contributed by atoms with Crippen LogP contribution < -0.4 is 14.9 Å². The van der Waals surface area contributed by atoms with Gasteiger partial charge in [-0.3, -0.25) is 5.10 Å². The molecule has 0 aliphatic rings. The summed E-state index contributed by atoms with van der Waals surface area (Å²) in [5, 5.41) is 6.96. The minimum absolute atomic E-state index is 0.552. The van der Waals surface area contributed by atoms with Crippen LogP contribution in [0.5, 0.6) is 11.5 Å². The van der Waals surface area contributed by atoms with Gasteiger partial charge in [-0.25, -0.2) is 4.68 Å². The summed E-state index contributed by atoms with van der Waals surface area (Å²) >= 11 is 8.78. The largest absolute Gasteiger partial charge is 0.493 e. The fraction of sp³-hybridized carbons (Fsp3) is 0.467. The molecule has 1 heterocycles. The van der Waals surface area contributed by atoms with Gasteiger partial charge in [0.1, 0.15) is 0 Å². The molecule has 6 nitrogen and oxygen atoms in total. The van der Waals surface area contributed by atoms with E-state index in [1.807, 2.05) is 19.1 Å². The van der Waals surface area contributed by atoms with Gasteiger partial charge in [0, 0.05) is 6.42 Å². The van der Waals surface area contributed by atoms with Crippen molar-refractivity contribution in [2.45, 2.75) is 33.2 Å². The van der Waals surface area contributed by atoms with Crippen molar-refractivity contribution in [2.24, 2.45) is 0 Å². The summed E-state index contributed by atoms with van der Waals surface area (Å²) in [4.78, 5) is 0. The Kier molecular flexibility index (Phi) is 6.47. The van der Waals surface area contributed by atoms with Crippen molar-refractivity contribution in [1.29, 1.82) is 0 Å². The summed E-state index contributed by atoms with van der Waals surface area (Å²) in [6.07, 6.45) is 1.73. The molecule has 1 aromatic heterocycles. The Balaban J connectivity index is 2.19. The molecular weight excluding hydrogens is 380 g/mol. The monoisotopic (exact) mass is 400 g/mol. The average molecular weight is 401 g/mol. The van der Waals surface area contributed by atoms with Crippen LogP contribution in [0.1, 0.15) is 31.7 Å². The Labute approximate surface area is 149 Å². The van der Waals surface area contributed by atoms with Crippen molar-refractivity contribution in [1.82, 2.24) is 14.9 Å². The molecule has 0 aliphatic carbocycles. The second-order valence-corrected chi connectivity index (χ2v) is 6.17. The van der Waals surface area contributed by atoms with Crippen molar-refractivity contribution in [3.05, 3.63) is 32.8 Å². The van der Waals surface area contributed by atoms with Gasteiger partial charge in [0.2, 0.25) is 4.77 Å². The normalized spacial score (nSPS) is 10.6. The molecule has 0 amide bonds. The first kappa shape index (κ1) is 17.8. The highest BCUT2D eigenvalue weighted by molar-refractivity contribution is 9.10.